The van der Waals surface area contributed by atoms with Gasteiger partial charge < -0.3 is 15.0 Å². The Hall–Kier alpha value is -1.68. The molecule has 20 heavy (non-hydrogen) atoms. The molecular formula is C11H18N2O6S. The lowest BCUT2D eigenvalue weighted by Gasteiger charge is -2.23. The van der Waals surface area contributed by atoms with Gasteiger partial charge in [0.05, 0.1) is 28.3 Å². The molecule has 0 heterocycles. The van der Waals surface area contributed by atoms with Crippen molar-refractivity contribution in [2.45, 2.75) is 0 Å². The molecule has 0 aliphatic rings. The Morgan fingerprint density at radius 3 is 2.15 bits per heavy atom. The van der Waals surface area contributed by atoms with E-state index in [2.05, 4.69) is 4.18 Å². The number of quaternary nitrogens is 1. The highest BCUT2D eigenvalue weighted by Gasteiger charge is 2.12. The van der Waals surface area contributed by atoms with Gasteiger partial charge in [-0.1, -0.05) is 6.07 Å². The monoisotopic (exact) mass is 306 g/mol. The summed E-state index contributed by atoms with van der Waals surface area (Å²) < 4.78 is 36.5. The van der Waals surface area contributed by atoms with Gasteiger partial charge in [0.25, 0.3) is 0 Å². The number of carbonyl (C=O) groups is 1. The first-order valence-corrected chi connectivity index (χ1v) is 6.70. The van der Waals surface area contributed by atoms with Gasteiger partial charge in [-0.3, -0.25) is 8.67 Å². The third-order valence-electron chi connectivity index (χ3n) is 2.01. The molecule has 0 bridgehead atoms. The van der Waals surface area contributed by atoms with Crippen LogP contribution in [-0.2, 0) is 14.6 Å². The Balaban J connectivity index is 0.000000511. The second-order valence-electron chi connectivity index (χ2n) is 4.51. The summed E-state index contributed by atoms with van der Waals surface area (Å²) in [6.45, 7) is 0. The highest BCUT2D eigenvalue weighted by molar-refractivity contribution is 7.80. The number of ether oxygens (including phenoxy) is 1. The maximum atomic E-state index is 10.5. The van der Waals surface area contributed by atoms with E-state index in [4.69, 9.17) is 10.5 Å². The molecule has 0 saturated heterocycles. The maximum absolute atomic E-state index is 10.5. The van der Waals surface area contributed by atoms with Crippen molar-refractivity contribution in [1.29, 1.82) is 0 Å². The number of benzene rings is 1. The molecule has 1 aromatic carbocycles. The quantitative estimate of drug-likeness (QED) is 0.491. The molecule has 9 heteroatoms. The predicted octanol–water partition coefficient (Wildman–Crippen LogP) is 0.434. The Labute approximate surface area is 118 Å². The summed E-state index contributed by atoms with van der Waals surface area (Å²) in [5, 5.41) is 0. The first-order chi connectivity index (χ1) is 8.95. The van der Waals surface area contributed by atoms with E-state index >= 15 is 0 Å². The number of primary amides is 1. The normalized spacial score (nSPS) is 11.2. The third kappa shape index (κ3) is 8.43. The molecule has 1 amide bonds. The molecule has 0 aliphatic carbocycles. The van der Waals surface area contributed by atoms with E-state index in [9.17, 15) is 17.8 Å². The minimum atomic E-state index is -4.41. The minimum Gasteiger partial charge on any atom is -0.726 e. The van der Waals surface area contributed by atoms with Gasteiger partial charge in [-0.2, -0.15) is 0 Å². The molecule has 114 valence electrons. The van der Waals surface area contributed by atoms with Crippen LogP contribution in [-0.4, -0.2) is 47.3 Å². The third-order valence-corrected chi connectivity index (χ3v) is 2.42. The van der Waals surface area contributed by atoms with Crippen LogP contribution >= 0.6 is 0 Å². The standard InChI is InChI=1S/C10H14N2O2.CH4O4S/c1-12(2,3)8-5-4-6-9(7-8)14-10(11)13;1-5-6(2,3)4/h4-7H,1-3H3,(H-,11,13);1H3,(H,2,3,4). The summed E-state index contributed by atoms with van der Waals surface area (Å²) in [6.07, 6.45) is -0.788. The second kappa shape index (κ2) is 7.20. The van der Waals surface area contributed by atoms with Crippen LogP contribution in [0.2, 0.25) is 0 Å². The maximum Gasteiger partial charge on any atom is 0.409 e. The Morgan fingerprint density at radius 2 is 1.80 bits per heavy atom. The van der Waals surface area contributed by atoms with Gasteiger partial charge in [-0.25, -0.2) is 13.2 Å². The summed E-state index contributed by atoms with van der Waals surface area (Å²) in [7, 11) is 2.49. The molecule has 0 spiro atoms. The van der Waals surface area contributed by atoms with Crippen molar-refractivity contribution in [3.8, 4) is 5.75 Å². The van der Waals surface area contributed by atoms with Crippen molar-refractivity contribution in [1.82, 2.24) is 4.48 Å². The summed E-state index contributed by atoms with van der Waals surface area (Å²) >= 11 is 0. The Morgan fingerprint density at radius 1 is 1.30 bits per heavy atom. The molecule has 0 aliphatic heterocycles. The van der Waals surface area contributed by atoms with Crippen LogP contribution in [0.25, 0.3) is 0 Å². The molecule has 0 unspecified atom stereocenters. The highest BCUT2D eigenvalue weighted by Crippen LogP contribution is 2.22. The number of nitrogens with two attached hydrogens (primary N) is 1. The van der Waals surface area contributed by atoms with Gasteiger partial charge in [-0.15, -0.1) is 0 Å². The number of hydrogen-bond donors (Lipinski definition) is 1. The molecule has 0 saturated carbocycles. The van der Waals surface area contributed by atoms with E-state index in [-0.39, 0.29) is 0 Å². The molecule has 1 rings (SSSR count). The number of carbonyl (C=O) groups excluding carboxylic acids is 1. The van der Waals surface area contributed by atoms with Gasteiger partial charge in [0, 0.05) is 6.07 Å². The fourth-order valence-corrected chi connectivity index (χ4v) is 1.08. The summed E-state index contributed by atoms with van der Waals surface area (Å²) in [6, 6.07) is 7.29. The molecule has 0 aromatic heterocycles. The van der Waals surface area contributed by atoms with Crippen LogP contribution in [0.1, 0.15) is 0 Å². The van der Waals surface area contributed by atoms with Crippen molar-refractivity contribution in [2.75, 3.05) is 28.3 Å². The molecule has 0 radical (unpaired) electrons. The van der Waals surface area contributed by atoms with Gasteiger partial charge >= 0.3 is 6.09 Å². The second-order valence-corrected chi connectivity index (χ2v) is 5.66. The summed E-state index contributed by atoms with van der Waals surface area (Å²) in [5.74, 6) is 0.475. The molecular weight excluding hydrogens is 288 g/mol. The van der Waals surface area contributed by atoms with Crippen molar-refractivity contribution in [2.24, 2.45) is 5.73 Å². The number of hydrogen-bond acceptors (Lipinski definition) is 6. The molecule has 0 atom stereocenters. The van der Waals surface area contributed by atoms with E-state index in [1.165, 1.54) is 0 Å². The summed E-state index contributed by atoms with van der Waals surface area (Å²) in [5.41, 5.74) is 5.96. The van der Waals surface area contributed by atoms with Crippen molar-refractivity contribution in [3.63, 3.8) is 0 Å². The molecule has 8 nitrogen and oxygen atoms in total. The summed E-state index contributed by atoms with van der Waals surface area (Å²) in [4.78, 5) is 10.5. The lowest BCUT2D eigenvalue weighted by Crippen LogP contribution is -2.34. The average Bonchev–Trinajstić information content (AvgIpc) is 2.27. The zero-order chi connectivity index (χ0) is 16.0. The minimum absolute atomic E-state index is 0.475. The number of amides is 1. The van der Waals surface area contributed by atoms with Gasteiger partial charge in [0.15, 0.2) is 0 Å². The van der Waals surface area contributed by atoms with Crippen molar-refractivity contribution < 1.29 is 26.7 Å². The highest BCUT2D eigenvalue weighted by atomic mass is 32.3. The fourth-order valence-electron chi connectivity index (χ4n) is 1.08. The van der Waals surface area contributed by atoms with Crippen molar-refractivity contribution >= 4 is 22.2 Å². The number of nitrogens with zero attached hydrogens (tertiary/aromatic N) is 1. The zero-order valence-corrected chi connectivity index (χ0v) is 12.5. The first kappa shape index (κ1) is 18.3. The van der Waals surface area contributed by atoms with Crippen LogP contribution < -0.4 is 15.0 Å². The van der Waals surface area contributed by atoms with Crippen LogP contribution in [0.4, 0.5) is 10.5 Å². The van der Waals surface area contributed by atoms with Gasteiger partial charge in [0.1, 0.15) is 11.4 Å². The Kier molecular flexibility index (Phi) is 6.59. The van der Waals surface area contributed by atoms with E-state index in [0.717, 1.165) is 12.8 Å². The fraction of sp³-hybridized carbons (Fsp3) is 0.364. The molecule has 2 N–H and O–H groups in total. The molecule has 0 fully saturated rings. The van der Waals surface area contributed by atoms with Crippen molar-refractivity contribution in [3.05, 3.63) is 24.3 Å². The average molecular weight is 306 g/mol. The smallest absolute Gasteiger partial charge is 0.409 e. The topological polar surface area (TPSA) is 119 Å². The Bertz CT molecular complexity index is 550. The van der Waals surface area contributed by atoms with Crippen LogP contribution in [0.3, 0.4) is 0 Å². The predicted molar refractivity (Wildman–Crippen MR) is 72.9 cm³/mol. The van der Waals surface area contributed by atoms with E-state index < -0.39 is 16.5 Å². The van der Waals surface area contributed by atoms with Crippen LogP contribution in [0.15, 0.2) is 24.3 Å². The van der Waals surface area contributed by atoms with E-state index in [1.807, 2.05) is 33.3 Å². The van der Waals surface area contributed by atoms with Gasteiger partial charge in [-0.05, 0) is 12.1 Å². The largest absolute Gasteiger partial charge is 0.726 e. The van der Waals surface area contributed by atoms with Crippen LogP contribution in [0, 0.1) is 0 Å². The van der Waals surface area contributed by atoms with Gasteiger partial charge in [0.2, 0.25) is 10.4 Å². The van der Waals surface area contributed by atoms with Crippen LogP contribution in [0.5, 0.6) is 5.75 Å². The zero-order valence-electron chi connectivity index (χ0n) is 11.7. The van der Waals surface area contributed by atoms with E-state index in [0.29, 0.717) is 10.2 Å². The lowest BCUT2D eigenvalue weighted by atomic mass is 10.2. The number of rotatable bonds is 3. The SMILES string of the molecule is COS(=O)(=O)[O-].C[N+](C)(C)c1cccc(OC(N)=O)c1. The first-order valence-electron chi connectivity index (χ1n) is 5.36. The lowest BCUT2D eigenvalue weighted by molar-refractivity contribution is 0.211. The molecule has 1 aromatic rings. The van der Waals surface area contributed by atoms with E-state index in [1.54, 1.807) is 12.1 Å².